The molecule has 8 heteroatoms. The van der Waals surface area contributed by atoms with Crippen molar-refractivity contribution in [1.82, 2.24) is 19.8 Å². The monoisotopic (exact) mass is 399 g/mol. The van der Waals surface area contributed by atoms with Crippen molar-refractivity contribution in [2.75, 3.05) is 19.6 Å². The average molecular weight is 399 g/mol. The second-order valence-corrected chi connectivity index (χ2v) is 9.14. The minimum absolute atomic E-state index is 0.0115. The van der Waals surface area contributed by atoms with Crippen molar-refractivity contribution in [1.29, 1.82) is 0 Å². The van der Waals surface area contributed by atoms with Gasteiger partial charge in [-0.05, 0) is 31.6 Å². The summed E-state index contributed by atoms with van der Waals surface area (Å²) in [7, 11) is 0. The molecule has 1 saturated carbocycles. The number of H-pyrrole nitrogens is 1. The van der Waals surface area contributed by atoms with Crippen LogP contribution in [0.1, 0.15) is 57.3 Å². The van der Waals surface area contributed by atoms with Gasteiger partial charge in [0.15, 0.2) is 0 Å². The summed E-state index contributed by atoms with van der Waals surface area (Å²) < 4.78 is 0. The fourth-order valence-corrected chi connectivity index (χ4v) is 5.03. The lowest BCUT2D eigenvalue weighted by Crippen LogP contribution is -2.59. The van der Waals surface area contributed by atoms with E-state index in [1.165, 1.54) is 0 Å². The minimum Gasteiger partial charge on any atom is -0.382 e. The number of rotatable bonds is 3. The molecule has 2 fully saturated rings. The Hall–Kier alpha value is -2.38. The van der Waals surface area contributed by atoms with E-state index in [4.69, 9.17) is 4.84 Å². The Morgan fingerprint density at radius 2 is 1.97 bits per heavy atom. The Balaban J connectivity index is 1.32. The predicted octanol–water partition coefficient (Wildman–Crippen LogP) is 1.82. The van der Waals surface area contributed by atoms with Gasteiger partial charge in [-0.15, -0.1) is 0 Å². The number of fused-ring (bicyclic) bond motifs is 2. The van der Waals surface area contributed by atoms with E-state index < -0.39 is 6.10 Å². The fraction of sp³-hybridized carbons (Fsp3) is 0.714. The van der Waals surface area contributed by atoms with Crippen LogP contribution in [0.4, 0.5) is 0 Å². The third-order valence-corrected chi connectivity index (χ3v) is 6.99. The van der Waals surface area contributed by atoms with Crippen LogP contribution in [0.3, 0.4) is 0 Å². The van der Waals surface area contributed by atoms with Gasteiger partial charge in [0.2, 0.25) is 12.0 Å². The normalized spacial score (nSPS) is 25.8. The summed E-state index contributed by atoms with van der Waals surface area (Å²) in [4.78, 5) is 43.4. The zero-order valence-corrected chi connectivity index (χ0v) is 17.2. The Labute approximate surface area is 170 Å². The first-order chi connectivity index (χ1) is 14.0. The van der Waals surface area contributed by atoms with Gasteiger partial charge in [-0.25, -0.2) is 4.98 Å². The first-order valence-electron chi connectivity index (χ1n) is 10.8. The molecule has 5 rings (SSSR count). The number of piperidine rings is 1. The standard InChI is InChI=1S/C21H29N5O3/c1-13(2)16-11-17(29-24-16)20(28)25-9-6-21(7-10-25)18-15(22-12-23-18)5-8-26(21)19(27)14-3-4-14/h12-14,17H,3-11H2,1-2H3,(H,22,23). The number of carbonyl (C=O) groups excluding carboxylic acids is 2. The van der Waals surface area contributed by atoms with Crippen LogP contribution in [0.15, 0.2) is 11.5 Å². The van der Waals surface area contributed by atoms with Crippen LogP contribution in [0.5, 0.6) is 0 Å². The molecule has 1 N–H and O–H groups in total. The number of carbonyl (C=O) groups is 2. The molecule has 1 aromatic heterocycles. The molecule has 0 radical (unpaired) electrons. The number of aromatic nitrogens is 2. The molecule has 4 heterocycles. The maximum Gasteiger partial charge on any atom is 0.266 e. The third kappa shape index (κ3) is 3.04. The number of nitrogens with zero attached hydrogens (tertiary/aromatic N) is 4. The van der Waals surface area contributed by atoms with Crippen LogP contribution in [0, 0.1) is 11.8 Å². The van der Waals surface area contributed by atoms with E-state index in [-0.39, 0.29) is 23.3 Å². The molecular formula is C21H29N5O3. The van der Waals surface area contributed by atoms with Crippen LogP contribution >= 0.6 is 0 Å². The number of nitrogens with one attached hydrogen (secondary N) is 1. The van der Waals surface area contributed by atoms with Crippen molar-refractivity contribution < 1.29 is 14.4 Å². The summed E-state index contributed by atoms with van der Waals surface area (Å²) in [6.45, 7) is 6.08. The number of amides is 2. The maximum atomic E-state index is 13.1. The van der Waals surface area contributed by atoms with Gasteiger partial charge in [-0.3, -0.25) is 9.59 Å². The van der Waals surface area contributed by atoms with Crippen LogP contribution in [-0.2, 0) is 26.4 Å². The average Bonchev–Trinajstić information content (AvgIpc) is 3.25. The maximum absolute atomic E-state index is 13.1. The number of aromatic amines is 1. The molecule has 1 saturated heterocycles. The van der Waals surface area contributed by atoms with Gasteiger partial charge < -0.3 is 19.6 Å². The molecule has 3 aliphatic heterocycles. The van der Waals surface area contributed by atoms with Crippen molar-refractivity contribution in [3.05, 3.63) is 17.7 Å². The number of oxime groups is 1. The summed E-state index contributed by atoms with van der Waals surface area (Å²) in [5.41, 5.74) is 2.71. The molecule has 2 amide bonds. The molecule has 1 aliphatic carbocycles. The van der Waals surface area contributed by atoms with E-state index in [0.29, 0.717) is 25.4 Å². The van der Waals surface area contributed by atoms with E-state index in [2.05, 4.69) is 33.9 Å². The number of likely N-dealkylation sites (tertiary alicyclic amines) is 1. The second-order valence-electron chi connectivity index (χ2n) is 9.14. The molecule has 156 valence electrons. The van der Waals surface area contributed by atoms with Gasteiger partial charge >= 0.3 is 0 Å². The van der Waals surface area contributed by atoms with Gasteiger partial charge in [-0.1, -0.05) is 19.0 Å². The largest absolute Gasteiger partial charge is 0.382 e. The van der Waals surface area contributed by atoms with E-state index >= 15 is 0 Å². The Morgan fingerprint density at radius 3 is 2.62 bits per heavy atom. The molecule has 1 aromatic rings. The highest BCUT2D eigenvalue weighted by atomic mass is 16.6. The number of hydrogen-bond acceptors (Lipinski definition) is 5. The van der Waals surface area contributed by atoms with E-state index in [1.807, 2.05) is 4.90 Å². The summed E-state index contributed by atoms with van der Waals surface area (Å²) in [6, 6.07) is 0. The highest BCUT2D eigenvalue weighted by molar-refractivity contribution is 5.93. The first-order valence-corrected chi connectivity index (χ1v) is 10.8. The second kappa shape index (κ2) is 6.85. The molecule has 29 heavy (non-hydrogen) atoms. The number of hydrogen-bond donors (Lipinski definition) is 1. The number of imidazole rings is 1. The van der Waals surface area contributed by atoms with E-state index in [0.717, 1.165) is 55.7 Å². The van der Waals surface area contributed by atoms with Crippen molar-refractivity contribution in [2.24, 2.45) is 17.0 Å². The van der Waals surface area contributed by atoms with Gasteiger partial charge in [-0.2, -0.15) is 0 Å². The summed E-state index contributed by atoms with van der Waals surface area (Å²) >= 11 is 0. The molecule has 1 spiro atoms. The highest BCUT2D eigenvalue weighted by Gasteiger charge is 2.51. The zero-order valence-electron chi connectivity index (χ0n) is 17.2. The minimum atomic E-state index is -0.502. The lowest BCUT2D eigenvalue weighted by atomic mass is 9.78. The summed E-state index contributed by atoms with van der Waals surface area (Å²) in [6.07, 6.45) is 6.09. The lowest BCUT2D eigenvalue weighted by Gasteiger charge is -2.50. The quantitative estimate of drug-likeness (QED) is 0.839. The topological polar surface area (TPSA) is 90.9 Å². The van der Waals surface area contributed by atoms with Crippen molar-refractivity contribution in [2.45, 2.75) is 64.0 Å². The molecule has 8 nitrogen and oxygen atoms in total. The van der Waals surface area contributed by atoms with E-state index in [1.54, 1.807) is 6.33 Å². The van der Waals surface area contributed by atoms with Gasteiger partial charge in [0.1, 0.15) is 0 Å². The third-order valence-electron chi connectivity index (χ3n) is 6.99. The fourth-order valence-electron chi connectivity index (χ4n) is 5.03. The molecule has 0 aromatic carbocycles. The molecular weight excluding hydrogens is 370 g/mol. The predicted molar refractivity (Wildman–Crippen MR) is 106 cm³/mol. The summed E-state index contributed by atoms with van der Waals surface area (Å²) in [5, 5.41) is 4.10. The lowest BCUT2D eigenvalue weighted by molar-refractivity contribution is -0.149. The Morgan fingerprint density at radius 1 is 1.21 bits per heavy atom. The SMILES string of the molecule is CC(C)C1=NOC(C(=O)N2CCC3(CC2)c2nc[nH]c2CCN3C(=O)C2CC2)C1. The van der Waals surface area contributed by atoms with Crippen LogP contribution < -0.4 is 0 Å². The summed E-state index contributed by atoms with van der Waals surface area (Å²) in [5.74, 6) is 0.759. The zero-order chi connectivity index (χ0) is 20.2. The Bertz CT molecular complexity index is 848. The van der Waals surface area contributed by atoms with Gasteiger partial charge in [0.05, 0.1) is 23.3 Å². The Kier molecular flexibility index (Phi) is 4.40. The van der Waals surface area contributed by atoms with Gasteiger partial charge in [0.25, 0.3) is 5.91 Å². The molecule has 0 bridgehead atoms. The smallest absolute Gasteiger partial charge is 0.266 e. The van der Waals surface area contributed by atoms with Crippen molar-refractivity contribution in [3.63, 3.8) is 0 Å². The molecule has 1 unspecified atom stereocenters. The molecule has 4 aliphatic rings. The first kappa shape index (κ1) is 18.6. The van der Waals surface area contributed by atoms with Crippen LogP contribution in [0.2, 0.25) is 0 Å². The van der Waals surface area contributed by atoms with Crippen molar-refractivity contribution in [3.8, 4) is 0 Å². The highest BCUT2D eigenvalue weighted by Crippen LogP contribution is 2.45. The van der Waals surface area contributed by atoms with Crippen LogP contribution in [0.25, 0.3) is 0 Å². The van der Waals surface area contributed by atoms with E-state index in [9.17, 15) is 9.59 Å². The van der Waals surface area contributed by atoms with Crippen molar-refractivity contribution >= 4 is 17.5 Å². The van der Waals surface area contributed by atoms with Crippen LogP contribution in [-0.4, -0.2) is 63.0 Å². The van der Waals surface area contributed by atoms with Gasteiger partial charge in [0, 0.05) is 44.1 Å². The molecule has 1 atom stereocenters.